The average Bonchev–Trinajstić information content (AvgIpc) is 2.57. The Kier molecular flexibility index (Phi) is 6.05. The molecule has 0 amide bonds. The van der Waals surface area contributed by atoms with Gasteiger partial charge in [0, 0.05) is 0 Å². The second-order valence-corrected chi connectivity index (χ2v) is 6.06. The molecule has 0 aromatic heterocycles. The highest BCUT2D eigenvalue weighted by Gasteiger charge is 2.61. The van der Waals surface area contributed by atoms with Crippen LogP contribution in [0.2, 0.25) is 0 Å². The SMILES string of the molecule is C=C/C(=N\Nc1ccc(OC(F)(F)C(F)(F)F)cc1)C1=CCC(C)CC1. The van der Waals surface area contributed by atoms with Gasteiger partial charge in [-0.25, -0.2) is 0 Å². The molecule has 1 unspecified atom stereocenters. The maximum absolute atomic E-state index is 12.8. The molecule has 0 bridgehead atoms. The molecule has 26 heavy (non-hydrogen) atoms. The topological polar surface area (TPSA) is 33.6 Å². The Morgan fingerprint density at radius 3 is 2.38 bits per heavy atom. The number of alkyl halides is 5. The van der Waals surface area contributed by atoms with Crippen LogP contribution < -0.4 is 10.2 Å². The normalized spacial score (nSPS) is 18.9. The Labute approximate surface area is 148 Å². The number of nitrogens with one attached hydrogen (secondary N) is 1. The summed E-state index contributed by atoms with van der Waals surface area (Å²) in [5, 5.41) is 4.22. The highest BCUT2D eigenvalue weighted by Crippen LogP contribution is 2.37. The van der Waals surface area contributed by atoms with Gasteiger partial charge < -0.3 is 4.74 Å². The van der Waals surface area contributed by atoms with Gasteiger partial charge in [0.05, 0.1) is 11.4 Å². The fourth-order valence-electron chi connectivity index (χ4n) is 2.37. The first-order valence-electron chi connectivity index (χ1n) is 8.01. The smallest absolute Gasteiger partial charge is 0.426 e. The number of rotatable bonds is 6. The highest BCUT2D eigenvalue weighted by molar-refractivity contribution is 6.08. The van der Waals surface area contributed by atoms with Gasteiger partial charge in [0.1, 0.15) is 5.75 Å². The van der Waals surface area contributed by atoms with Crippen LogP contribution in [0.5, 0.6) is 5.75 Å². The quantitative estimate of drug-likeness (QED) is 0.381. The number of allylic oxidation sites excluding steroid dienone is 3. The van der Waals surface area contributed by atoms with Crippen LogP contribution in [0.15, 0.2) is 53.7 Å². The Morgan fingerprint density at radius 1 is 1.23 bits per heavy atom. The second kappa shape index (κ2) is 7.88. The van der Waals surface area contributed by atoms with E-state index in [-0.39, 0.29) is 0 Å². The van der Waals surface area contributed by atoms with Crippen molar-refractivity contribution < 1.29 is 26.7 Å². The predicted molar refractivity (Wildman–Crippen MR) is 90.4 cm³/mol. The number of benzene rings is 1. The summed E-state index contributed by atoms with van der Waals surface area (Å²) in [4.78, 5) is 0. The summed E-state index contributed by atoms with van der Waals surface area (Å²) >= 11 is 0. The molecular formula is C18H19F5N2O. The van der Waals surface area contributed by atoms with Gasteiger partial charge >= 0.3 is 12.3 Å². The minimum Gasteiger partial charge on any atom is -0.426 e. The molecule has 1 atom stereocenters. The largest absolute Gasteiger partial charge is 0.499 e. The maximum atomic E-state index is 12.8. The van der Waals surface area contributed by atoms with Crippen LogP contribution in [0.25, 0.3) is 0 Å². The van der Waals surface area contributed by atoms with E-state index in [1.54, 1.807) is 6.08 Å². The number of hydrogen-bond donors (Lipinski definition) is 1. The third kappa shape index (κ3) is 5.06. The summed E-state index contributed by atoms with van der Waals surface area (Å²) in [7, 11) is 0. The Balaban J connectivity index is 2.03. The Bertz CT molecular complexity index is 693. The molecule has 0 saturated heterocycles. The van der Waals surface area contributed by atoms with Crippen molar-refractivity contribution in [2.24, 2.45) is 11.0 Å². The number of halogens is 5. The van der Waals surface area contributed by atoms with Crippen molar-refractivity contribution in [2.45, 2.75) is 38.5 Å². The van der Waals surface area contributed by atoms with E-state index in [1.165, 1.54) is 12.1 Å². The van der Waals surface area contributed by atoms with Crippen molar-refractivity contribution in [3.63, 3.8) is 0 Å². The van der Waals surface area contributed by atoms with Crippen LogP contribution in [0.4, 0.5) is 27.6 Å². The van der Waals surface area contributed by atoms with E-state index in [0.29, 0.717) is 17.3 Å². The third-order valence-corrected chi connectivity index (χ3v) is 3.93. The van der Waals surface area contributed by atoms with Crippen LogP contribution in [0.3, 0.4) is 0 Å². The first-order chi connectivity index (χ1) is 12.1. The Hall–Kier alpha value is -2.38. The summed E-state index contributed by atoms with van der Waals surface area (Å²) in [6.45, 7) is 5.89. The van der Waals surface area contributed by atoms with Crippen molar-refractivity contribution in [1.29, 1.82) is 0 Å². The molecule has 1 aliphatic carbocycles. The maximum Gasteiger partial charge on any atom is 0.499 e. The molecule has 8 heteroatoms. The van der Waals surface area contributed by atoms with Crippen LogP contribution in [0, 0.1) is 5.92 Å². The van der Waals surface area contributed by atoms with Crippen LogP contribution in [-0.2, 0) is 0 Å². The summed E-state index contributed by atoms with van der Waals surface area (Å²) < 4.78 is 65.8. The van der Waals surface area contributed by atoms with Crippen molar-refractivity contribution >= 4 is 11.4 Å². The predicted octanol–water partition coefficient (Wildman–Crippen LogP) is 5.92. The lowest BCUT2D eigenvalue weighted by Crippen LogP contribution is -2.41. The molecule has 1 aliphatic rings. The van der Waals surface area contributed by atoms with E-state index in [1.807, 2.05) is 0 Å². The van der Waals surface area contributed by atoms with Crippen LogP contribution in [0.1, 0.15) is 26.2 Å². The zero-order chi connectivity index (χ0) is 19.4. The minimum atomic E-state index is -5.78. The highest BCUT2D eigenvalue weighted by atomic mass is 19.4. The lowest BCUT2D eigenvalue weighted by molar-refractivity contribution is -0.360. The fourth-order valence-corrected chi connectivity index (χ4v) is 2.37. The lowest BCUT2D eigenvalue weighted by atomic mass is 9.89. The second-order valence-electron chi connectivity index (χ2n) is 6.06. The molecule has 1 aromatic rings. The molecule has 0 aliphatic heterocycles. The number of anilines is 1. The van der Waals surface area contributed by atoms with E-state index >= 15 is 0 Å². The molecular weight excluding hydrogens is 355 g/mol. The van der Waals surface area contributed by atoms with Gasteiger partial charge in [0.2, 0.25) is 0 Å². The van der Waals surface area contributed by atoms with E-state index in [9.17, 15) is 22.0 Å². The molecule has 0 saturated carbocycles. The molecule has 1 N–H and O–H groups in total. The molecule has 142 valence electrons. The van der Waals surface area contributed by atoms with Gasteiger partial charge in [-0.1, -0.05) is 19.6 Å². The van der Waals surface area contributed by atoms with E-state index < -0.39 is 18.0 Å². The van der Waals surface area contributed by atoms with Crippen molar-refractivity contribution in [3.05, 3.63) is 48.6 Å². The van der Waals surface area contributed by atoms with E-state index in [0.717, 1.165) is 37.0 Å². The lowest BCUT2D eigenvalue weighted by Gasteiger charge is -2.20. The molecule has 2 rings (SSSR count). The fraction of sp³-hybridized carbons (Fsp3) is 0.389. The third-order valence-electron chi connectivity index (χ3n) is 3.93. The number of nitrogens with zero attached hydrogens (tertiary/aromatic N) is 1. The molecule has 0 radical (unpaired) electrons. The zero-order valence-corrected chi connectivity index (χ0v) is 14.1. The summed E-state index contributed by atoms with van der Waals surface area (Å²) in [5.74, 6) is 0.0231. The van der Waals surface area contributed by atoms with Crippen LogP contribution >= 0.6 is 0 Å². The summed E-state index contributed by atoms with van der Waals surface area (Å²) in [5.41, 5.74) is 4.88. The summed E-state index contributed by atoms with van der Waals surface area (Å²) in [6, 6.07) is 4.60. The number of hydrogen-bond acceptors (Lipinski definition) is 3. The summed E-state index contributed by atoms with van der Waals surface area (Å²) in [6.07, 6.45) is -4.42. The minimum absolute atomic E-state index is 0.414. The van der Waals surface area contributed by atoms with Gasteiger partial charge in [-0.05, 0) is 61.1 Å². The van der Waals surface area contributed by atoms with Crippen molar-refractivity contribution in [2.75, 3.05) is 5.43 Å². The van der Waals surface area contributed by atoms with Gasteiger partial charge in [0.15, 0.2) is 0 Å². The van der Waals surface area contributed by atoms with Crippen molar-refractivity contribution in [1.82, 2.24) is 0 Å². The van der Waals surface area contributed by atoms with Gasteiger partial charge in [-0.15, -0.1) is 0 Å². The molecule has 0 spiro atoms. The van der Waals surface area contributed by atoms with Gasteiger partial charge in [-0.2, -0.15) is 27.1 Å². The standard InChI is InChI=1S/C18H19F5N2O/c1-3-16(13-6-4-12(2)5-7-13)25-24-14-8-10-15(11-9-14)26-18(22,23)17(19,20)21/h3,6,8-12,24H,1,4-5,7H2,2H3/b25-16+. The zero-order valence-electron chi connectivity index (χ0n) is 14.1. The molecule has 1 aromatic carbocycles. The first kappa shape index (κ1) is 19.9. The van der Waals surface area contributed by atoms with Crippen LogP contribution in [-0.4, -0.2) is 18.0 Å². The molecule has 0 fully saturated rings. The first-order valence-corrected chi connectivity index (χ1v) is 8.01. The molecule has 3 nitrogen and oxygen atoms in total. The van der Waals surface area contributed by atoms with Gasteiger partial charge in [0.25, 0.3) is 0 Å². The number of hydrazone groups is 1. The van der Waals surface area contributed by atoms with E-state index in [4.69, 9.17) is 0 Å². The van der Waals surface area contributed by atoms with Gasteiger partial charge in [-0.3, -0.25) is 5.43 Å². The number of ether oxygens (including phenoxy) is 1. The van der Waals surface area contributed by atoms with Crippen molar-refractivity contribution in [3.8, 4) is 5.75 Å². The average molecular weight is 374 g/mol. The monoisotopic (exact) mass is 374 g/mol. The molecule has 0 heterocycles. The van der Waals surface area contributed by atoms with E-state index in [2.05, 4.69) is 34.8 Å². The Morgan fingerprint density at radius 2 is 1.88 bits per heavy atom.